The van der Waals surface area contributed by atoms with E-state index in [1.807, 2.05) is 26.0 Å². The first-order valence-corrected chi connectivity index (χ1v) is 5.80. The van der Waals surface area contributed by atoms with Crippen molar-refractivity contribution in [3.8, 4) is 0 Å². The van der Waals surface area contributed by atoms with E-state index < -0.39 is 0 Å². The second kappa shape index (κ2) is 6.79. The minimum atomic E-state index is 0.572. The zero-order valence-electron chi connectivity index (χ0n) is 10.4. The SMILES string of the molecule is C/C(C=O)=C(\C)Cc1ccc(CCC=O)cc1. The number of aryl methyl sites for hydroxylation is 1. The summed E-state index contributed by atoms with van der Waals surface area (Å²) in [4.78, 5) is 20.9. The number of hydrogen-bond acceptors (Lipinski definition) is 2. The van der Waals surface area contributed by atoms with E-state index in [1.165, 1.54) is 11.1 Å². The van der Waals surface area contributed by atoms with E-state index in [2.05, 4.69) is 12.1 Å². The number of carbonyl (C=O) groups excluding carboxylic acids is 2. The molecule has 0 radical (unpaired) electrons. The van der Waals surface area contributed by atoms with Gasteiger partial charge in [-0.25, -0.2) is 0 Å². The summed E-state index contributed by atoms with van der Waals surface area (Å²) in [5.41, 5.74) is 4.27. The van der Waals surface area contributed by atoms with Crippen LogP contribution in [-0.2, 0) is 22.4 Å². The molecule has 17 heavy (non-hydrogen) atoms. The summed E-state index contributed by atoms with van der Waals surface area (Å²) in [6.45, 7) is 3.81. The van der Waals surface area contributed by atoms with Gasteiger partial charge in [0.15, 0.2) is 0 Å². The van der Waals surface area contributed by atoms with Gasteiger partial charge < -0.3 is 4.79 Å². The third-order valence-electron chi connectivity index (χ3n) is 2.89. The van der Waals surface area contributed by atoms with E-state index in [0.29, 0.717) is 6.42 Å². The molecule has 1 aromatic rings. The standard InChI is InChI=1S/C15H18O2/c1-12(13(2)11-17)10-15-7-5-14(6-8-15)4-3-9-16/h5-9,11H,3-4,10H2,1-2H3/b13-12-. The Bertz CT molecular complexity index is 413. The number of hydrogen-bond donors (Lipinski definition) is 0. The quantitative estimate of drug-likeness (QED) is 0.556. The highest BCUT2D eigenvalue weighted by Crippen LogP contribution is 2.12. The predicted molar refractivity (Wildman–Crippen MR) is 69.0 cm³/mol. The number of allylic oxidation sites excluding steroid dienone is 2. The van der Waals surface area contributed by atoms with Crippen molar-refractivity contribution in [3.05, 3.63) is 46.5 Å². The molecule has 0 amide bonds. The second-order valence-corrected chi connectivity index (χ2v) is 4.28. The Morgan fingerprint density at radius 3 is 2.18 bits per heavy atom. The van der Waals surface area contributed by atoms with Gasteiger partial charge in [0.1, 0.15) is 12.6 Å². The molecular formula is C15H18O2. The second-order valence-electron chi connectivity index (χ2n) is 4.28. The smallest absolute Gasteiger partial charge is 0.145 e. The van der Waals surface area contributed by atoms with Crippen molar-refractivity contribution in [1.29, 1.82) is 0 Å². The lowest BCUT2D eigenvalue weighted by atomic mass is 10.0. The summed E-state index contributed by atoms with van der Waals surface area (Å²) in [5, 5.41) is 0. The number of rotatable bonds is 6. The summed E-state index contributed by atoms with van der Waals surface area (Å²) in [6.07, 6.45) is 4.01. The lowest BCUT2D eigenvalue weighted by Gasteiger charge is -2.05. The number of carbonyl (C=O) groups is 2. The molecule has 0 aromatic heterocycles. The Balaban J connectivity index is 2.68. The van der Waals surface area contributed by atoms with Crippen molar-refractivity contribution in [2.45, 2.75) is 33.1 Å². The molecule has 0 aliphatic carbocycles. The van der Waals surface area contributed by atoms with Crippen molar-refractivity contribution in [1.82, 2.24) is 0 Å². The molecule has 1 rings (SSSR count). The normalized spacial score (nSPS) is 11.9. The molecule has 0 spiro atoms. The van der Waals surface area contributed by atoms with Gasteiger partial charge >= 0.3 is 0 Å². The van der Waals surface area contributed by atoms with Gasteiger partial charge in [-0.15, -0.1) is 0 Å². The molecule has 0 aliphatic heterocycles. The zero-order chi connectivity index (χ0) is 12.7. The van der Waals surface area contributed by atoms with Crippen LogP contribution in [0.3, 0.4) is 0 Å². The Morgan fingerprint density at radius 1 is 1.06 bits per heavy atom. The average Bonchev–Trinajstić information content (AvgIpc) is 2.37. The highest BCUT2D eigenvalue weighted by atomic mass is 16.1. The summed E-state index contributed by atoms with van der Waals surface area (Å²) in [6, 6.07) is 8.20. The molecule has 0 fully saturated rings. The lowest BCUT2D eigenvalue weighted by Crippen LogP contribution is -1.93. The highest BCUT2D eigenvalue weighted by Gasteiger charge is 1.99. The third kappa shape index (κ3) is 4.35. The van der Waals surface area contributed by atoms with Gasteiger partial charge in [0.25, 0.3) is 0 Å². The maximum absolute atomic E-state index is 10.6. The van der Waals surface area contributed by atoms with Crippen LogP contribution in [0.2, 0.25) is 0 Å². The van der Waals surface area contributed by atoms with E-state index in [4.69, 9.17) is 0 Å². The first-order valence-electron chi connectivity index (χ1n) is 5.80. The van der Waals surface area contributed by atoms with Crippen LogP contribution in [0.15, 0.2) is 35.4 Å². The Kier molecular flexibility index (Phi) is 5.34. The fourth-order valence-corrected chi connectivity index (χ4v) is 1.60. The summed E-state index contributed by atoms with van der Waals surface area (Å²) >= 11 is 0. The molecule has 2 heteroatoms. The van der Waals surface area contributed by atoms with Crippen LogP contribution in [0.1, 0.15) is 31.4 Å². The molecule has 90 valence electrons. The maximum atomic E-state index is 10.6. The minimum absolute atomic E-state index is 0.572. The van der Waals surface area contributed by atoms with Crippen LogP contribution in [0.5, 0.6) is 0 Å². The monoisotopic (exact) mass is 230 g/mol. The van der Waals surface area contributed by atoms with Crippen molar-refractivity contribution < 1.29 is 9.59 Å². The van der Waals surface area contributed by atoms with Gasteiger partial charge in [0.2, 0.25) is 0 Å². The van der Waals surface area contributed by atoms with Crippen LogP contribution in [-0.4, -0.2) is 12.6 Å². The fraction of sp³-hybridized carbons (Fsp3) is 0.333. The molecule has 0 aliphatic rings. The van der Waals surface area contributed by atoms with Gasteiger partial charge in [0, 0.05) is 6.42 Å². The molecule has 0 saturated heterocycles. The van der Waals surface area contributed by atoms with E-state index in [-0.39, 0.29) is 0 Å². The van der Waals surface area contributed by atoms with E-state index in [0.717, 1.165) is 36.6 Å². The van der Waals surface area contributed by atoms with Crippen molar-refractivity contribution >= 4 is 12.6 Å². The van der Waals surface area contributed by atoms with E-state index in [9.17, 15) is 9.59 Å². The van der Waals surface area contributed by atoms with Gasteiger partial charge in [0.05, 0.1) is 0 Å². The molecule has 0 unspecified atom stereocenters. The topological polar surface area (TPSA) is 34.1 Å². The molecule has 0 atom stereocenters. The van der Waals surface area contributed by atoms with Crippen molar-refractivity contribution in [3.63, 3.8) is 0 Å². The predicted octanol–water partition coefficient (Wildman–Crippen LogP) is 2.90. The fourth-order valence-electron chi connectivity index (χ4n) is 1.60. The summed E-state index contributed by atoms with van der Waals surface area (Å²) in [7, 11) is 0. The molecule has 0 saturated carbocycles. The minimum Gasteiger partial charge on any atom is -0.303 e. The largest absolute Gasteiger partial charge is 0.303 e. The third-order valence-corrected chi connectivity index (χ3v) is 2.89. The summed E-state index contributed by atoms with van der Waals surface area (Å²) in [5.74, 6) is 0. The molecule has 0 heterocycles. The molecule has 0 bridgehead atoms. The van der Waals surface area contributed by atoms with Crippen LogP contribution in [0.4, 0.5) is 0 Å². The Morgan fingerprint density at radius 2 is 1.65 bits per heavy atom. The Labute approximate surface area is 102 Å². The first-order chi connectivity index (χ1) is 8.17. The maximum Gasteiger partial charge on any atom is 0.145 e. The summed E-state index contributed by atoms with van der Waals surface area (Å²) < 4.78 is 0. The number of aldehydes is 2. The van der Waals surface area contributed by atoms with Crippen molar-refractivity contribution in [2.75, 3.05) is 0 Å². The van der Waals surface area contributed by atoms with E-state index >= 15 is 0 Å². The van der Waals surface area contributed by atoms with Gasteiger partial charge in [-0.3, -0.25) is 4.79 Å². The van der Waals surface area contributed by atoms with Crippen molar-refractivity contribution in [2.24, 2.45) is 0 Å². The van der Waals surface area contributed by atoms with E-state index in [1.54, 1.807) is 0 Å². The van der Waals surface area contributed by atoms with Crippen LogP contribution < -0.4 is 0 Å². The zero-order valence-corrected chi connectivity index (χ0v) is 10.4. The average molecular weight is 230 g/mol. The first kappa shape index (κ1) is 13.4. The highest BCUT2D eigenvalue weighted by molar-refractivity contribution is 5.73. The molecule has 0 N–H and O–H groups in total. The molecule has 2 nitrogen and oxygen atoms in total. The van der Waals surface area contributed by atoms with Crippen LogP contribution in [0.25, 0.3) is 0 Å². The van der Waals surface area contributed by atoms with Crippen LogP contribution >= 0.6 is 0 Å². The van der Waals surface area contributed by atoms with Crippen LogP contribution in [0, 0.1) is 0 Å². The van der Waals surface area contributed by atoms with Gasteiger partial charge in [-0.05, 0) is 43.4 Å². The van der Waals surface area contributed by atoms with Gasteiger partial charge in [-0.2, -0.15) is 0 Å². The lowest BCUT2D eigenvalue weighted by molar-refractivity contribution is -0.108. The van der Waals surface area contributed by atoms with Gasteiger partial charge in [-0.1, -0.05) is 29.8 Å². The molecular weight excluding hydrogens is 212 g/mol. The Hall–Kier alpha value is -1.70. The molecule has 1 aromatic carbocycles. The number of benzene rings is 1.